The molecule has 3 unspecified atom stereocenters. The van der Waals surface area contributed by atoms with Gasteiger partial charge in [0.05, 0.1) is 0 Å². The van der Waals surface area contributed by atoms with Crippen molar-refractivity contribution >= 4 is 0 Å². The third-order valence-electron chi connectivity index (χ3n) is 3.75. The molecular formula is C14H21FN2O. The molecule has 1 fully saturated rings. The van der Waals surface area contributed by atoms with Crippen LogP contribution in [0.3, 0.4) is 0 Å². The number of hydrogen-bond donors (Lipinski definition) is 2. The van der Waals surface area contributed by atoms with Crippen molar-refractivity contribution in [2.75, 3.05) is 13.1 Å². The Balaban J connectivity index is 2.21. The fourth-order valence-electron chi connectivity index (χ4n) is 2.64. The Labute approximate surface area is 108 Å². The molecule has 1 aromatic rings. The van der Waals surface area contributed by atoms with Gasteiger partial charge in [-0.05, 0) is 26.8 Å². The summed E-state index contributed by atoms with van der Waals surface area (Å²) in [5.41, 5.74) is 0.789. The smallest absolute Gasteiger partial charge is 0.126 e. The molecule has 0 aromatic heterocycles. The van der Waals surface area contributed by atoms with E-state index in [1.54, 1.807) is 6.07 Å². The average molecular weight is 252 g/mol. The first-order valence-electron chi connectivity index (χ1n) is 6.46. The third kappa shape index (κ3) is 2.65. The summed E-state index contributed by atoms with van der Waals surface area (Å²) in [6.45, 7) is 8.24. The standard InChI is InChI=1S/C14H21FN2O/c1-9-8-17(10(2)7-16-9)11(3)13-5-4-12(15)6-14(13)18/h4-6,9-11,16,18H,7-8H2,1-3H3. The number of phenolic OH excluding ortho intramolecular Hbond substituents is 1. The van der Waals surface area contributed by atoms with Crippen molar-refractivity contribution in [3.05, 3.63) is 29.6 Å². The second-order valence-electron chi connectivity index (χ2n) is 5.23. The van der Waals surface area contributed by atoms with Crippen molar-refractivity contribution < 1.29 is 9.50 Å². The molecule has 0 amide bonds. The quantitative estimate of drug-likeness (QED) is 0.847. The van der Waals surface area contributed by atoms with E-state index in [9.17, 15) is 9.50 Å². The highest BCUT2D eigenvalue weighted by atomic mass is 19.1. The van der Waals surface area contributed by atoms with E-state index in [0.29, 0.717) is 12.1 Å². The lowest BCUT2D eigenvalue weighted by atomic mass is 10.0. The van der Waals surface area contributed by atoms with Crippen molar-refractivity contribution in [1.82, 2.24) is 10.2 Å². The maximum atomic E-state index is 13.0. The summed E-state index contributed by atoms with van der Waals surface area (Å²) in [4.78, 5) is 2.34. The number of benzene rings is 1. The van der Waals surface area contributed by atoms with Gasteiger partial charge in [-0.3, -0.25) is 4.90 Å². The van der Waals surface area contributed by atoms with Gasteiger partial charge in [0.15, 0.2) is 0 Å². The third-order valence-corrected chi connectivity index (χ3v) is 3.75. The Morgan fingerprint density at radius 3 is 2.83 bits per heavy atom. The predicted molar refractivity (Wildman–Crippen MR) is 70.1 cm³/mol. The van der Waals surface area contributed by atoms with Gasteiger partial charge in [0.1, 0.15) is 11.6 Å². The van der Waals surface area contributed by atoms with Crippen LogP contribution in [0.1, 0.15) is 32.4 Å². The summed E-state index contributed by atoms with van der Waals surface area (Å²) in [6.07, 6.45) is 0. The highest BCUT2D eigenvalue weighted by Gasteiger charge is 2.28. The topological polar surface area (TPSA) is 35.5 Å². The maximum Gasteiger partial charge on any atom is 0.126 e. The summed E-state index contributed by atoms with van der Waals surface area (Å²) >= 11 is 0. The molecule has 1 aliphatic heterocycles. The van der Waals surface area contributed by atoms with Crippen molar-refractivity contribution in [3.8, 4) is 5.75 Å². The van der Waals surface area contributed by atoms with Crippen molar-refractivity contribution in [1.29, 1.82) is 0 Å². The number of phenols is 1. The minimum Gasteiger partial charge on any atom is -0.508 e. The molecule has 0 spiro atoms. The second kappa shape index (κ2) is 5.24. The molecule has 1 aliphatic rings. The maximum absolute atomic E-state index is 13.0. The van der Waals surface area contributed by atoms with Crippen LogP contribution in [0.25, 0.3) is 0 Å². The Bertz CT molecular complexity index is 424. The van der Waals surface area contributed by atoms with Crippen LogP contribution < -0.4 is 5.32 Å². The summed E-state index contributed by atoms with van der Waals surface area (Å²) in [5.74, 6) is -0.355. The van der Waals surface area contributed by atoms with Crippen molar-refractivity contribution in [2.45, 2.75) is 38.9 Å². The van der Waals surface area contributed by atoms with Crippen LogP contribution >= 0.6 is 0 Å². The van der Waals surface area contributed by atoms with E-state index in [1.165, 1.54) is 12.1 Å². The first-order valence-corrected chi connectivity index (χ1v) is 6.46. The van der Waals surface area contributed by atoms with Gasteiger partial charge >= 0.3 is 0 Å². The molecule has 0 aliphatic carbocycles. The summed E-state index contributed by atoms with van der Waals surface area (Å²) < 4.78 is 13.0. The molecule has 1 heterocycles. The average Bonchev–Trinajstić information content (AvgIpc) is 2.31. The minimum atomic E-state index is -0.398. The largest absolute Gasteiger partial charge is 0.508 e. The molecule has 3 nitrogen and oxygen atoms in total. The van der Waals surface area contributed by atoms with E-state index >= 15 is 0 Å². The fraction of sp³-hybridized carbons (Fsp3) is 0.571. The molecule has 18 heavy (non-hydrogen) atoms. The number of rotatable bonds is 2. The first kappa shape index (κ1) is 13.3. The zero-order valence-electron chi connectivity index (χ0n) is 11.2. The molecule has 3 atom stereocenters. The van der Waals surface area contributed by atoms with Gasteiger partial charge in [0.25, 0.3) is 0 Å². The molecule has 100 valence electrons. The summed E-state index contributed by atoms with van der Waals surface area (Å²) in [5, 5.41) is 13.3. The van der Waals surface area contributed by atoms with Crippen LogP contribution in [0.5, 0.6) is 5.75 Å². The molecule has 0 radical (unpaired) electrons. The number of piperazine rings is 1. The summed E-state index contributed by atoms with van der Waals surface area (Å²) in [6, 6.07) is 5.19. The fourth-order valence-corrected chi connectivity index (χ4v) is 2.64. The number of nitrogens with zero attached hydrogens (tertiary/aromatic N) is 1. The lowest BCUT2D eigenvalue weighted by Crippen LogP contribution is -2.54. The molecule has 4 heteroatoms. The van der Waals surface area contributed by atoms with E-state index in [1.807, 2.05) is 0 Å². The van der Waals surface area contributed by atoms with Crippen LogP contribution in [0, 0.1) is 5.82 Å². The van der Waals surface area contributed by atoms with Crippen LogP contribution in [-0.2, 0) is 0 Å². The van der Waals surface area contributed by atoms with Crippen molar-refractivity contribution in [2.24, 2.45) is 0 Å². The van der Waals surface area contributed by atoms with E-state index in [2.05, 4.69) is 31.0 Å². The Morgan fingerprint density at radius 1 is 1.44 bits per heavy atom. The number of aromatic hydroxyl groups is 1. The normalized spacial score (nSPS) is 27.1. The molecule has 1 saturated heterocycles. The SMILES string of the molecule is CC1CN(C(C)c2ccc(F)cc2O)C(C)CN1. The first-order chi connectivity index (χ1) is 8.49. The van der Waals surface area contributed by atoms with E-state index in [0.717, 1.165) is 18.7 Å². The second-order valence-corrected chi connectivity index (χ2v) is 5.23. The molecular weight excluding hydrogens is 231 g/mol. The number of hydrogen-bond acceptors (Lipinski definition) is 3. The number of nitrogens with one attached hydrogen (secondary N) is 1. The van der Waals surface area contributed by atoms with E-state index in [4.69, 9.17) is 0 Å². The van der Waals surface area contributed by atoms with Gasteiger partial charge in [-0.1, -0.05) is 6.07 Å². The Morgan fingerprint density at radius 2 is 2.17 bits per heavy atom. The molecule has 0 saturated carbocycles. The van der Waals surface area contributed by atoms with Gasteiger partial charge in [-0.25, -0.2) is 4.39 Å². The lowest BCUT2D eigenvalue weighted by molar-refractivity contribution is 0.102. The van der Waals surface area contributed by atoms with Crippen LogP contribution in [-0.4, -0.2) is 35.2 Å². The highest BCUT2D eigenvalue weighted by Crippen LogP contribution is 2.31. The molecule has 0 bridgehead atoms. The lowest BCUT2D eigenvalue weighted by Gasteiger charge is -2.41. The van der Waals surface area contributed by atoms with Crippen LogP contribution in [0.4, 0.5) is 4.39 Å². The molecule has 2 rings (SSSR count). The Hall–Kier alpha value is -1.13. The zero-order valence-corrected chi connectivity index (χ0v) is 11.2. The van der Waals surface area contributed by atoms with Gasteiger partial charge in [0, 0.05) is 42.8 Å². The van der Waals surface area contributed by atoms with E-state index < -0.39 is 5.82 Å². The van der Waals surface area contributed by atoms with Gasteiger partial charge in [0.2, 0.25) is 0 Å². The molecule has 2 N–H and O–H groups in total. The minimum absolute atomic E-state index is 0.0425. The highest BCUT2D eigenvalue weighted by molar-refractivity contribution is 5.35. The predicted octanol–water partition coefficient (Wildman–Crippen LogP) is 2.27. The van der Waals surface area contributed by atoms with Gasteiger partial charge in [-0.2, -0.15) is 0 Å². The Kier molecular flexibility index (Phi) is 3.88. The van der Waals surface area contributed by atoms with Crippen LogP contribution in [0.2, 0.25) is 0 Å². The van der Waals surface area contributed by atoms with Gasteiger partial charge in [-0.15, -0.1) is 0 Å². The monoisotopic (exact) mass is 252 g/mol. The molecule has 1 aromatic carbocycles. The van der Waals surface area contributed by atoms with E-state index in [-0.39, 0.29) is 11.8 Å². The number of halogens is 1. The van der Waals surface area contributed by atoms with Gasteiger partial charge < -0.3 is 10.4 Å². The van der Waals surface area contributed by atoms with Crippen molar-refractivity contribution in [3.63, 3.8) is 0 Å². The van der Waals surface area contributed by atoms with Crippen LogP contribution in [0.15, 0.2) is 18.2 Å². The summed E-state index contributed by atoms with van der Waals surface area (Å²) in [7, 11) is 0. The zero-order chi connectivity index (χ0) is 13.3.